The molecule has 0 radical (unpaired) electrons. The lowest BCUT2D eigenvalue weighted by atomic mass is 10.3. The number of benzene rings is 2. The molecule has 0 aliphatic heterocycles. The maximum absolute atomic E-state index is 13.4. The Hall–Kier alpha value is -3.99. The SMILES string of the molecule is O=C(CSc1nnc(CNC(=O)c2ccco2)n1-c1ccc(F)cc1)Nc1ccc(F)cc1. The van der Waals surface area contributed by atoms with E-state index >= 15 is 0 Å². The largest absolute Gasteiger partial charge is 0.459 e. The van der Waals surface area contributed by atoms with Crippen LogP contribution in [0.2, 0.25) is 0 Å². The molecule has 4 aromatic rings. The summed E-state index contributed by atoms with van der Waals surface area (Å²) in [6, 6.07) is 14.2. The summed E-state index contributed by atoms with van der Waals surface area (Å²) in [7, 11) is 0. The predicted molar refractivity (Wildman–Crippen MR) is 117 cm³/mol. The average molecular weight is 469 g/mol. The zero-order valence-corrected chi connectivity index (χ0v) is 17.8. The quantitative estimate of drug-likeness (QED) is 0.381. The third-order valence-electron chi connectivity index (χ3n) is 4.40. The number of anilines is 1. The lowest BCUT2D eigenvalue weighted by Gasteiger charge is -2.11. The molecule has 11 heteroatoms. The third-order valence-corrected chi connectivity index (χ3v) is 5.33. The van der Waals surface area contributed by atoms with Crippen LogP contribution in [0.4, 0.5) is 14.5 Å². The number of nitrogens with zero attached hydrogens (tertiary/aromatic N) is 3. The predicted octanol–water partition coefficient (Wildman–Crippen LogP) is 3.80. The molecule has 0 saturated carbocycles. The van der Waals surface area contributed by atoms with Crippen LogP contribution in [0.15, 0.2) is 76.5 Å². The van der Waals surface area contributed by atoms with E-state index < -0.39 is 17.5 Å². The zero-order valence-electron chi connectivity index (χ0n) is 17.0. The van der Waals surface area contributed by atoms with Crippen LogP contribution in [0.25, 0.3) is 5.69 Å². The minimum Gasteiger partial charge on any atom is -0.459 e. The molecule has 0 aliphatic carbocycles. The fourth-order valence-corrected chi connectivity index (χ4v) is 3.64. The second-order valence-electron chi connectivity index (χ2n) is 6.71. The molecule has 0 fully saturated rings. The van der Waals surface area contributed by atoms with Crippen molar-refractivity contribution in [3.63, 3.8) is 0 Å². The van der Waals surface area contributed by atoms with E-state index in [1.807, 2.05) is 0 Å². The summed E-state index contributed by atoms with van der Waals surface area (Å²) >= 11 is 1.11. The molecule has 2 aromatic carbocycles. The average Bonchev–Trinajstić information content (AvgIpc) is 3.49. The molecule has 2 N–H and O–H groups in total. The maximum Gasteiger partial charge on any atom is 0.287 e. The highest BCUT2D eigenvalue weighted by molar-refractivity contribution is 7.99. The highest BCUT2D eigenvalue weighted by atomic mass is 32.2. The molecular weight excluding hydrogens is 452 g/mol. The Kier molecular flexibility index (Phi) is 6.79. The number of hydrogen-bond donors (Lipinski definition) is 2. The van der Waals surface area contributed by atoms with Crippen molar-refractivity contribution < 1.29 is 22.8 Å². The number of amides is 2. The summed E-state index contributed by atoms with van der Waals surface area (Å²) < 4.78 is 33.2. The highest BCUT2D eigenvalue weighted by Gasteiger charge is 2.18. The van der Waals surface area contributed by atoms with E-state index in [-0.39, 0.29) is 24.0 Å². The molecule has 2 aromatic heterocycles. The molecule has 8 nitrogen and oxygen atoms in total. The van der Waals surface area contributed by atoms with Crippen LogP contribution in [0.1, 0.15) is 16.4 Å². The van der Waals surface area contributed by atoms with Crippen LogP contribution in [-0.2, 0) is 11.3 Å². The van der Waals surface area contributed by atoms with Crippen LogP contribution in [-0.4, -0.2) is 32.3 Å². The van der Waals surface area contributed by atoms with Gasteiger partial charge in [-0.1, -0.05) is 11.8 Å². The van der Waals surface area contributed by atoms with Crippen molar-refractivity contribution in [3.8, 4) is 5.69 Å². The minimum absolute atomic E-state index is 0.00451. The van der Waals surface area contributed by atoms with Crippen LogP contribution in [0.5, 0.6) is 0 Å². The first-order chi connectivity index (χ1) is 16.0. The summed E-state index contributed by atoms with van der Waals surface area (Å²) in [6.07, 6.45) is 1.39. The first-order valence-electron chi connectivity index (χ1n) is 9.70. The van der Waals surface area contributed by atoms with Gasteiger partial charge in [0.1, 0.15) is 11.6 Å². The lowest BCUT2D eigenvalue weighted by molar-refractivity contribution is -0.113. The van der Waals surface area contributed by atoms with Crippen LogP contribution < -0.4 is 10.6 Å². The van der Waals surface area contributed by atoms with E-state index in [2.05, 4.69) is 20.8 Å². The third kappa shape index (κ3) is 5.63. The Morgan fingerprint density at radius 1 is 0.970 bits per heavy atom. The van der Waals surface area contributed by atoms with Gasteiger partial charge in [-0.15, -0.1) is 10.2 Å². The van der Waals surface area contributed by atoms with E-state index in [1.165, 1.54) is 48.7 Å². The monoisotopic (exact) mass is 469 g/mol. The van der Waals surface area contributed by atoms with Gasteiger partial charge in [-0.25, -0.2) is 8.78 Å². The van der Waals surface area contributed by atoms with Gasteiger partial charge in [0.25, 0.3) is 5.91 Å². The first-order valence-corrected chi connectivity index (χ1v) is 10.7. The Morgan fingerprint density at radius 3 is 2.33 bits per heavy atom. The van der Waals surface area contributed by atoms with E-state index in [0.717, 1.165) is 11.8 Å². The van der Waals surface area contributed by atoms with Crippen LogP contribution in [0.3, 0.4) is 0 Å². The minimum atomic E-state index is -0.429. The Balaban J connectivity index is 1.49. The summed E-state index contributed by atoms with van der Waals surface area (Å²) in [5, 5.41) is 14.0. The van der Waals surface area contributed by atoms with Gasteiger partial charge in [-0.05, 0) is 60.7 Å². The molecule has 0 aliphatic rings. The van der Waals surface area contributed by atoms with E-state index in [9.17, 15) is 18.4 Å². The molecule has 4 rings (SSSR count). The topological polar surface area (TPSA) is 102 Å². The van der Waals surface area contributed by atoms with Crippen molar-refractivity contribution in [2.45, 2.75) is 11.7 Å². The molecule has 0 spiro atoms. The molecule has 0 unspecified atom stereocenters. The number of nitrogens with one attached hydrogen (secondary N) is 2. The number of furan rings is 1. The molecule has 0 bridgehead atoms. The Bertz CT molecular complexity index is 1240. The smallest absolute Gasteiger partial charge is 0.287 e. The number of hydrogen-bond acceptors (Lipinski definition) is 6. The lowest BCUT2D eigenvalue weighted by Crippen LogP contribution is -2.24. The van der Waals surface area contributed by atoms with Crippen molar-refractivity contribution in [2.24, 2.45) is 0 Å². The second-order valence-corrected chi connectivity index (χ2v) is 7.66. The molecule has 33 heavy (non-hydrogen) atoms. The number of rotatable bonds is 8. The molecule has 168 valence electrons. The zero-order chi connectivity index (χ0) is 23.2. The summed E-state index contributed by atoms with van der Waals surface area (Å²) in [5.41, 5.74) is 1.02. The van der Waals surface area contributed by atoms with Gasteiger partial charge in [0.15, 0.2) is 16.7 Å². The number of aromatic nitrogens is 3. The Morgan fingerprint density at radius 2 is 1.67 bits per heavy atom. The van der Waals surface area contributed by atoms with Gasteiger partial charge in [0.05, 0.1) is 18.6 Å². The molecule has 0 atom stereocenters. The summed E-state index contributed by atoms with van der Waals surface area (Å²) in [5.74, 6) is -1.05. The fraction of sp³-hybridized carbons (Fsp3) is 0.0909. The number of carbonyl (C=O) groups excluding carboxylic acids is 2. The number of thioether (sulfide) groups is 1. The van der Waals surface area contributed by atoms with Gasteiger partial charge >= 0.3 is 0 Å². The second kappa shape index (κ2) is 10.1. The molecule has 0 saturated heterocycles. The maximum atomic E-state index is 13.4. The van der Waals surface area contributed by atoms with Crippen molar-refractivity contribution in [1.82, 2.24) is 20.1 Å². The van der Waals surface area contributed by atoms with Gasteiger partial charge < -0.3 is 15.1 Å². The van der Waals surface area contributed by atoms with Crippen LogP contribution in [0, 0.1) is 11.6 Å². The van der Waals surface area contributed by atoms with Gasteiger partial charge in [-0.2, -0.15) is 0 Å². The normalized spacial score (nSPS) is 10.7. The van der Waals surface area contributed by atoms with Crippen molar-refractivity contribution in [3.05, 3.63) is 90.1 Å². The van der Waals surface area contributed by atoms with Crippen molar-refractivity contribution in [2.75, 3.05) is 11.1 Å². The fourth-order valence-electron chi connectivity index (χ4n) is 2.87. The van der Waals surface area contributed by atoms with Crippen molar-refractivity contribution >= 4 is 29.3 Å². The number of carbonyl (C=O) groups is 2. The number of halogens is 2. The highest BCUT2D eigenvalue weighted by Crippen LogP contribution is 2.23. The van der Waals surface area contributed by atoms with E-state index in [0.29, 0.717) is 22.4 Å². The van der Waals surface area contributed by atoms with E-state index in [4.69, 9.17) is 4.42 Å². The van der Waals surface area contributed by atoms with Gasteiger partial charge in [-0.3, -0.25) is 14.2 Å². The summed E-state index contributed by atoms with van der Waals surface area (Å²) in [4.78, 5) is 24.5. The first kappa shape index (κ1) is 22.2. The van der Waals surface area contributed by atoms with Crippen molar-refractivity contribution in [1.29, 1.82) is 0 Å². The van der Waals surface area contributed by atoms with Crippen LogP contribution >= 0.6 is 11.8 Å². The van der Waals surface area contributed by atoms with E-state index in [1.54, 1.807) is 22.8 Å². The Labute approximate surface area is 191 Å². The summed E-state index contributed by atoms with van der Waals surface area (Å²) in [6.45, 7) is 0.0201. The standard InChI is InChI=1S/C22H17F2N5O3S/c23-14-3-7-16(8-4-14)26-20(30)13-33-22-28-27-19(12-25-21(31)18-2-1-11-32-18)29(22)17-9-5-15(24)6-10-17/h1-11H,12-13H2,(H,25,31)(H,26,30). The molecule has 2 amide bonds. The molecular formula is C22H17F2N5O3S. The van der Waals surface area contributed by atoms with Gasteiger partial charge in [0, 0.05) is 11.4 Å². The van der Waals surface area contributed by atoms with Gasteiger partial charge in [0.2, 0.25) is 5.91 Å². The molecule has 2 heterocycles.